The van der Waals surface area contributed by atoms with E-state index in [0.29, 0.717) is 0 Å². The molecule has 4 nitrogen and oxygen atoms in total. The minimum Gasteiger partial charge on any atom is -0.412 e. The molecule has 0 aromatic heterocycles. The van der Waals surface area contributed by atoms with Gasteiger partial charge in [-0.2, -0.15) is 0 Å². The third-order valence-corrected chi connectivity index (χ3v) is 4.14. The number of carbonyl (C=O) groups is 1. The SMILES string of the molecule is CC=Nc1cc(C)c(C)c(C)c1.CC=O.Cc1cc(N)cc(C)c1C.O. The molecule has 0 aliphatic heterocycles. The number of carbonyl (C=O) groups excluding carboxylic acids is 1. The molecule has 26 heavy (non-hydrogen) atoms. The second-order valence-electron chi connectivity index (χ2n) is 6.11. The maximum Gasteiger partial charge on any atom is 0.116 e. The number of nitrogen functional groups attached to an aromatic ring is 1. The lowest BCUT2D eigenvalue weighted by atomic mass is 10.0. The fraction of sp³-hybridized carbons (Fsp3) is 0.364. The molecule has 0 aliphatic carbocycles. The van der Waals surface area contributed by atoms with Crippen LogP contribution in [0.2, 0.25) is 0 Å². The van der Waals surface area contributed by atoms with Crippen molar-refractivity contribution in [3.05, 3.63) is 57.6 Å². The predicted molar refractivity (Wildman–Crippen MR) is 115 cm³/mol. The molecule has 2 aromatic rings. The number of nitrogens with zero attached hydrogens (tertiary/aromatic N) is 1. The predicted octanol–water partition coefficient (Wildman–Crippen LogP) is 4.91. The molecule has 0 radical (unpaired) electrons. The Kier molecular flexibility index (Phi) is 12.7. The van der Waals surface area contributed by atoms with Gasteiger partial charge in [-0.15, -0.1) is 0 Å². The van der Waals surface area contributed by atoms with Gasteiger partial charge in [-0.25, -0.2) is 0 Å². The summed E-state index contributed by atoms with van der Waals surface area (Å²) in [5.41, 5.74) is 15.4. The second-order valence-corrected chi connectivity index (χ2v) is 6.11. The quantitative estimate of drug-likeness (QED) is 0.446. The average Bonchev–Trinajstić information content (AvgIpc) is 2.52. The Labute approximate surface area is 158 Å². The zero-order valence-corrected chi connectivity index (χ0v) is 17.4. The van der Waals surface area contributed by atoms with Crippen LogP contribution < -0.4 is 5.73 Å². The zero-order chi connectivity index (χ0) is 19.6. The lowest BCUT2D eigenvalue weighted by Crippen LogP contribution is -1.91. The Hall–Kier alpha value is -2.46. The molecule has 0 aliphatic rings. The lowest BCUT2D eigenvalue weighted by molar-refractivity contribution is -0.106. The van der Waals surface area contributed by atoms with E-state index in [4.69, 9.17) is 10.5 Å². The van der Waals surface area contributed by atoms with Crippen LogP contribution in [-0.2, 0) is 4.79 Å². The first-order chi connectivity index (χ1) is 11.7. The number of benzene rings is 2. The molecular formula is C22H34N2O2. The molecule has 4 N–H and O–H groups in total. The Balaban J connectivity index is 0. The van der Waals surface area contributed by atoms with Gasteiger partial charge in [0.05, 0.1) is 5.69 Å². The van der Waals surface area contributed by atoms with Gasteiger partial charge in [0.15, 0.2) is 0 Å². The monoisotopic (exact) mass is 358 g/mol. The summed E-state index contributed by atoms with van der Waals surface area (Å²) in [6, 6.07) is 8.23. The van der Waals surface area contributed by atoms with E-state index in [1.54, 1.807) is 0 Å². The molecule has 0 fully saturated rings. The third-order valence-electron chi connectivity index (χ3n) is 4.14. The van der Waals surface area contributed by atoms with Gasteiger partial charge in [-0.1, -0.05) is 0 Å². The van der Waals surface area contributed by atoms with E-state index in [-0.39, 0.29) is 5.48 Å². The molecule has 0 bridgehead atoms. The number of rotatable bonds is 1. The largest absolute Gasteiger partial charge is 0.412 e. The normalized spacial score (nSPS) is 9.38. The van der Waals surface area contributed by atoms with Crippen molar-refractivity contribution in [2.75, 3.05) is 5.73 Å². The number of hydrogen-bond donors (Lipinski definition) is 1. The summed E-state index contributed by atoms with van der Waals surface area (Å²) in [7, 11) is 0. The van der Waals surface area contributed by atoms with Crippen molar-refractivity contribution in [2.24, 2.45) is 4.99 Å². The van der Waals surface area contributed by atoms with Crippen molar-refractivity contribution in [1.82, 2.24) is 0 Å². The lowest BCUT2D eigenvalue weighted by Gasteiger charge is -2.05. The number of aliphatic imine (C=N–C) groups is 1. The summed E-state index contributed by atoms with van der Waals surface area (Å²) in [6.45, 7) is 16.0. The van der Waals surface area contributed by atoms with Crippen molar-refractivity contribution in [3.8, 4) is 0 Å². The van der Waals surface area contributed by atoms with Crippen LogP contribution in [0.25, 0.3) is 0 Å². The van der Waals surface area contributed by atoms with Crippen LogP contribution in [0.5, 0.6) is 0 Å². The molecule has 0 saturated carbocycles. The van der Waals surface area contributed by atoms with Crippen molar-refractivity contribution in [2.45, 2.75) is 55.4 Å². The molecule has 2 rings (SSSR count). The van der Waals surface area contributed by atoms with Crippen LogP contribution in [0.4, 0.5) is 11.4 Å². The van der Waals surface area contributed by atoms with E-state index in [2.05, 4.69) is 58.7 Å². The van der Waals surface area contributed by atoms with Gasteiger partial charge in [0, 0.05) is 11.9 Å². The summed E-state index contributed by atoms with van der Waals surface area (Å²) in [6.07, 6.45) is 2.57. The van der Waals surface area contributed by atoms with Gasteiger partial charge >= 0.3 is 0 Å². The van der Waals surface area contributed by atoms with Gasteiger partial charge in [0.2, 0.25) is 0 Å². The molecular weight excluding hydrogens is 324 g/mol. The summed E-state index contributed by atoms with van der Waals surface area (Å²) in [5.74, 6) is 0. The van der Waals surface area contributed by atoms with Gasteiger partial charge in [-0.3, -0.25) is 4.99 Å². The van der Waals surface area contributed by atoms with Crippen LogP contribution in [-0.4, -0.2) is 18.0 Å². The zero-order valence-electron chi connectivity index (χ0n) is 17.4. The number of aldehydes is 1. The van der Waals surface area contributed by atoms with Crippen molar-refractivity contribution >= 4 is 23.9 Å². The van der Waals surface area contributed by atoms with Crippen LogP contribution >= 0.6 is 0 Å². The molecule has 0 atom stereocenters. The van der Waals surface area contributed by atoms with Crippen LogP contribution in [0.15, 0.2) is 29.3 Å². The molecule has 0 heterocycles. The minimum absolute atomic E-state index is 0. The Morgan fingerprint density at radius 3 is 1.38 bits per heavy atom. The Morgan fingerprint density at radius 1 is 0.769 bits per heavy atom. The fourth-order valence-corrected chi connectivity index (χ4v) is 2.31. The first-order valence-corrected chi connectivity index (χ1v) is 8.47. The minimum atomic E-state index is 0. The summed E-state index contributed by atoms with van der Waals surface area (Å²) >= 11 is 0. The Bertz CT molecular complexity index is 689. The number of hydrogen-bond acceptors (Lipinski definition) is 3. The van der Waals surface area contributed by atoms with Crippen LogP contribution in [0.3, 0.4) is 0 Å². The first kappa shape index (κ1) is 25.8. The van der Waals surface area contributed by atoms with Gasteiger partial charge in [0.25, 0.3) is 0 Å². The summed E-state index contributed by atoms with van der Waals surface area (Å²) in [4.78, 5) is 13.0. The number of nitrogens with two attached hydrogens (primary N) is 1. The van der Waals surface area contributed by atoms with E-state index in [0.717, 1.165) is 17.7 Å². The first-order valence-electron chi connectivity index (χ1n) is 8.47. The Morgan fingerprint density at radius 2 is 1.08 bits per heavy atom. The highest BCUT2D eigenvalue weighted by Crippen LogP contribution is 2.20. The van der Waals surface area contributed by atoms with Gasteiger partial charge in [-0.05, 0) is 113 Å². The van der Waals surface area contributed by atoms with E-state index >= 15 is 0 Å². The van der Waals surface area contributed by atoms with Crippen molar-refractivity contribution < 1.29 is 10.3 Å². The van der Waals surface area contributed by atoms with E-state index in [1.165, 1.54) is 40.3 Å². The molecule has 0 spiro atoms. The van der Waals surface area contributed by atoms with Crippen LogP contribution in [0.1, 0.15) is 47.2 Å². The number of aryl methyl sites for hydroxylation is 4. The van der Waals surface area contributed by atoms with Gasteiger partial charge in [0.1, 0.15) is 6.29 Å². The molecule has 144 valence electrons. The maximum atomic E-state index is 8.81. The molecule has 0 unspecified atom stereocenters. The van der Waals surface area contributed by atoms with Crippen molar-refractivity contribution in [3.63, 3.8) is 0 Å². The highest BCUT2D eigenvalue weighted by atomic mass is 16.1. The topological polar surface area (TPSA) is 87.0 Å². The number of anilines is 1. The maximum absolute atomic E-state index is 8.81. The highest BCUT2D eigenvalue weighted by molar-refractivity contribution is 5.61. The van der Waals surface area contributed by atoms with Gasteiger partial charge < -0.3 is 16.0 Å². The van der Waals surface area contributed by atoms with E-state index in [1.807, 2.05) is 25.3 Å². The fourth-order valence-electron chi connectivity index (χ4n) is 2.31. The van der Waals surface area contributed by atoms with Crippen molar-refractivity contribution in [1.29, 1.82) is 0 Å². The molecule has 4 heteroatoms. The average molecular weight is 359 g/mol. The van der Waals surface area contributed by atoms with E-state index < -0.39 is 0 Å². The standard InChI is InChI=1S/C11H15N.C9H13N.C2H4O.H2O/c1-5-12-11-6-8(2)10(4)9(3)7-11;1-6-4-9(10)5-7(2)8(6)3;1-2-3;/h5-7H,1-4H3;4-5H,10H2,1-3H3;2H,1H3;1H2. The van der Waals surface area contributed by atoms with Crippen LogP contribution in [0, 0.1) is 41.5 Å². The third kappa shape index (κ3) is 8.58. The second kappa shape index (κ2) is 12.8. The summed E-state index contributed by atoms with van der Waals surface area (Å²) < 4.78 is 0. The smallest absolute Gasteiger partial charge is 0.116 e. The summed E-state index contributed by atoms with van der Waals surface area (Å²) in [5, 5.41) is 0. The molecule has 2 aromatic carbocycles. The molecule has 0 amide bonds. The molecule has 0 saturated heterocycles. The van der Waals surface area contributed by atoms with E-state index in [9.17, 15) is 0 Å². The highest BCUT2D eigenvalue weighted by Gasteiger charge is 1.98.